The molecule has 0 aliphatic rings. The van der Waals surface area contributed by atoms with Crippen LogP contribution in [0.2, 0.25) is 0 Å². The molecule has 0 aliphatic heterocycles. The van der Waals surface area contributed by atoms with Crippen LogP contribution in [0, 0.1) is 5.41 Å². The molecule has 0 saturated carbocycles. The lowest BCUT2D eigenvalue weighted by Gasteiger charge is -2.27. The Bertz CT molecular complexity index is 546. The van der Waals surface area contributed by atoms with Crippen LogP contribution < -0.4 is 0 Å². The van der Waals surface area contributed by atoms with Crippen molar-refractivity contribution in [2.24, 2.45) is 0 Å². The minimum absolute atomic E-state index is 0.334. The minimum atomic E-state index is 0.334. The Morgan fingerprint density at radius 2 is 2.21 bits per heavy atom. The normalized spacial score (nSPS) is 10.7. The zero-order chi connectivity index (χ0) is 13.8. The fourth-order valence-corrected chi connectivity index (χ4v) is 2.69. The van der Waals surface area contributed by atoms with Crippen molar-refractivity contribution in [3.63, 3.8) is 0 Å². The van der Waals surface area contributed by atoms with Crippen molar-refractivity contribution in [2.45, 2.75) is 33.4 Å². The molecule has 0 spiro atoms. The molecular weight excluding hydrogens is 254 g/mol. The first kappa shape index (κ1) is 13.7. The average Bonchev–Trinajstić information content (AvgIpc) is 2.89. The molecule has 0 atom stereocenters. The van der Waals surface area contributed by atoms with E-state index in [9.17, 15) is 0 Å². The number of aromatic nitrogens is 1. The van der Waals surface area contributed by atoms with Crippen LogP contribution >= 0.6 is 11.3 Å². The summed E-state index contributed by atoms with van der Waals surface area (Å²) >= 11 is 1.65. The Hall–Kier alpha value is -1.68. The summed E-state index contributed by atoms with van der Waals surface area (Å²) in [6, 6.07) is 8.75. The van der Waals surface area contributed by atoms with E-state index < -0.39 is 0 Å². The first-order chi connectivity index (χ1) is 9.08. The molecule has 1 aromatic heterocycles. The monoisotopic (exact) mass is 273 g/mol. The van der Waals surface area contributed by atoms with Gasteiger partial charge in [0.15, 0.2) is 0 Å². The number of nitrogens with one attached hydrogen (secondary N) is 1. The van der Waals surface area contributed by atoms with Gasteiger partial charge in [0.25, 0.3) is 0 Å². The molecule has 1 aromatic carbocycles. The van der Waals surface area contributed by atoms with Crippen LogP contribution in [0.1, 0.15) is 26.3 Å². The lowest BCUT2D eigenvalue weighted by Crippen LogP contribution is -2.34. The molecule has 0 saturated heterocycles. The molecule has 1 heterocycles. The van der Waals surface area contributed by atoms with E-state index >= 15 is 0 Å². The van der Waals surface area contributed by atoms with Crippen molar-refractivity contribution >= 4 is 17.2 Å². The predicted octanol–water partition coefficient (Wildman–Crippen LogP) is 4.02. The second-order valence-corrected chi connectivity index (χ2v) is 5.74. The summed E-state index contributed by atoms with van der Waals surface area (Å²) in [5.41, 5.74) is 2.37. The van der Waals surface area contributed by atoms with E-state index in [1.165, 1.54) is 5.56 Å². The van der Waals surface area contributed by atoms with Gasteiger partial charge in [0.05, 0.1) is 5.84 Å². The summed E-state index contributed by atoms with van der Waals surface area (Å²) in [5, 5.41) is 10.9. The van der Waals surface area contributed by atoms with Gasteiger partial charge in [-0.15, -0.1) is 11.3 Å². The smallest absolute Gasteiger partial charge is 0.123 e. The van der Waals surface area contributed by atoms with Crippen molar-refractivity contribution in [2.75, 3.05) is 0 Å². The first-order valence-corrected chi connectivity index (χ1v) is 7.26. The quantitative estimate of drug-likeness (QED) is 0.675. The molecule has 100 valence electrons. The van der Waals surface area contributed by atoms with Crippen LogP contribution in [-0.2, 0) is 6.54 Å². The van der Waals surface area contributed by atoms with Gasteiger partial charge in [-0.3, -0.25) is 5.41 Å². The second-order valence-electron chi connectivity index (χ2n) is 4.84. The number of thiazole rings is 1. The molecule has 0 aliphatic carbocycles. The summed E-state index contributed by atoms with van der Waals surface area (Å²) < 4.78 is 0. The Morgan fingerprint density at radius 1 is 1.42 bits per heavy atom. The van der Waals surface area contributed by atoms with Gasteiger partial charge in [0.2, 0.25) is 0 Å². The van der Waals surface area contributed by atoms with Gasteiger partial charge in [-0.1, -0.05) is 18.2 Å². The Labute approximate surface area is 118 Å². The van der Waals surface area contributed by atoms with Gasteiger partial charge in [-0.25, -0.2) is 4.98 Å². The highest BCUT2D eigenvalue weighted by atomic mass is 32.1. The SMILES string of the molecule is CC(=N)N(Cc1cccc(-c2nccs2)c1)C(C)C. The molecule has 0 bridgehead atoms. The predicted molar refractivity (Wildman–Crippen MR) is 81.6 cm³/mol. The topological polar surface area (TPSA) is 40.0 Å². The lowest BCUT2D eigenvalue weighted by molar-refractivity contribution is 0.338. The van der Waals surface area contributed by atoms with E-state index in [1.807, 2.05) is 18.5 Å². The van der Waals surface area contributed by atoms with Crippen LogP contribution in [0.15, 0.2) is 35.8 Å². The van der Waals surface area contributed by atoms with Gasteiger partial charge in [-0.2, -0.15) is 0 Å². The van der Waals surface area contributed by atoms with Gasteiger partial charge in [0, 0.05) is 29.7 Å². The van der Waals surface area contributed by atoms with Crippen LogP contribution in [0.3, 0.4) is 0 Å². The van der Waals surface area contributed by atoms with Crippen molar-refractivity contribution in [3.05, 3.63) is 41.4 Å². The van der Waals surface area contributed by atoms with Gasteiger partial charge >= 0.3 is 0 Å². The summed E-state index contributed by atoms with van der Waals surface area (Å²) in [5.74, 6) is 0.606. The number of amidine groups is 1. The number of hydrogen-bond acceptors (Lipinski definition) is 3. The molecule has 3 nitrogen and oxygen atoms in total. The summed E-state index contributed by atoms with van der Waals surface area (Å²) in [7, 11) is 0. The third-order valence-electron chi connectivity index (χ3n) is 3.01. The maximum absolute atomic E-state index is 7.84. The number of hydrogen-bond donors (Lipinski definition) is 1. The molecule has 0 fully saturated rings. The summed E-state index contributed by atoms with van der Waals surface area (Å²) in [6.07, 6.45) is 1.83. The molecule has 19 heavy (non-hydrogen) atoms. The van der Waals surface area contributed by atoms with Crippen molar-refractivity contribution < 1.29 is 0 Å². The zero-order valence-electron chi connectivity index (χ0n) is 11.6. The van der Waals surface area contributed by atoms with E-state index in [2.05, 4.69) is 48.0 Å². The molecule has 2 rings (SSSR count). The van der Waals surface area contributed by atoms with E-state index in [-0.39, 0.29) is 0 Å². The minimum Gasteiger partial charge on any atom is -0.354 e. The molecule has 0 amide bonds. The highest BCUT2D eigenvalue weighted by Crippen LogP contribution is 2.23. The van der Waals surface area contributed by atoms with Crippen LogP contribution in [0.25, 0.3) is 10.6 Å². The lowest BCUT2D eigenvalue weighted by atomic mass is 10.1. The fraction of sp³-hybridized carbons (Fsp3) is 0.333. The van der Waals surface area contributed by atoms with E-state index in [1.54, 1.807) is 11.3 Å². The number of nitrogens with zero attached hydrogens (tertiary/aromatic N) is 2. The largest absolute Gasteiger partial charge is 0.354 e. The third kappa shape index (κ3) is 3.41. The average molecular weight is 273 g/mol. The molecule has 1 N–H and O–H groups in total. The molecule has 0 unspecified atom stereocenters. The van der Waals surface area contributed by atoms with Crippen LogP contribution in [-0.4, -0.2) is 21.8 Å². The molecular formula is C15H19N3S. The van der Waals surface area contributed by atoms with E-state index in [0.717, 1.165) is 17.1 Å². The maximum Gasteiger partial charge on any atom is 0.123 e. The highest BCUT2D eigenvalue weighted by molar-refractivity contribution is 7.13. The van der Waals surface area contributed by atoms with E-state index in [4.69, 9.17) is 5.41 Å². The maximum atomic E-state index is 7.84. The first-order valence-electron chi connectivity index (χ1n) is 6.38. The molecule has 4 heteroatoms. The zero-order valence-corrected chi connectivity index (χ0v) is 12.4. The Kier molecular flexibility index (Phi) is 4.32. The van der Waals surface area contributed by atoms with Crippen molar-refractivity contribution in [1.29, 1.82) is 5.41 Å². The molecule has 0 radical (unpaired) electrons. The Balaban J connectivity index is 2.22. The number of benzene rings is 1. The second kappa shape index (κ2) is 5.97. The van der Waals surface area contributed by atoms with Gasteiger partial charge < -0.3 is 4.90 Å². The van der Waals surface area contributed by atoms with E-state index in [0.29, 0.717) is 11.9 Å². The standard InChI is InChI=1S/C15H19N3S/c1-11(2)18(12(3)16)10-13-5-4-6-14(9-13)15-17-7-8-19-15/h4-9,11,16H,10H2,1-3H3. The number of rotatable bonds is 4. The third-order valence-corrected chi connectivity index (χ3v) is 3.84. The summed E-state index contributed by atoms with van der Waals surface area (Å²) in [6.45, 7) is 6.84. The summed E-state index contributed by atoms with van der Waals surface area (Å²) in [4.78, 5) is 6.42. The molecule has 2 aromatic rings. The van der Waals surface area contributed by atoms with Crippen molar-refractivity contribution in [3.8, 4) is 10.6 Å². The van der Waals surface area contributed by atoms with Crippen LogP contribution in [0.5, 0.6) is 0 Å². The fourth-order valence-electron chi connectivity index (χ4n) is 2.05. The Morgan fingerprint density at radius 3 is 2.79 bits per heavy atom. The van der Waals surface area contributed by atoms with Crippen LogP contribution in [0.4, 0.5) is 0 Å². The van der Waals surface area contributed by atoms with Crippen molar-refractivity contribution in [1.82, 2.24) is 9.88 Å². The van der Waals surface area contributed by atoms with Gasteiger partial charge in [0.1, 0.15) is 5.01 Å². The van der Waals surface area contributed by atoms with Gasteiger partial charge in [-0.05, 0) is 32.4 Å². The highest BCUT2D eigenvalue weighted by Gasteiger charge is 2.11.